The molecule has 0 saturated heterocycles. The number of carboxylic acid groups (broad SMARTS) is 1. The van der Waals surface area contributed by atoms with Gasteiger partial charge < -0.3 is 10.0 Å². The molecule has 0 fully saturated rings. The SMILES string of the molecule is Cc1cc(C(=O)N2Cc3ccccc3CC2C(=O)O)ccc1-n1cncn1. The van der Waals surface area contributed by atoms with Gasteiger partial charge in [-0.25, -0.2) is 14.5 Å². The molecule has 1 aliphatic heterocycles. The molecule has 7 heteroatoms. The Balaban J connectivity index is 1.67. The number of fused-ring (bicyclic) bond motifs is 1. The Morgan fingerprint density at radius 1 is 1.15 bits per heavy atom. The maximum Gasteiger partial charge on any atom is 0.326 e. The number of benzene rings is 2. The van der Waals surface area contributed by atoms with Crippen molar-refractivity contribution >= 4 is 11.9 Å². The average Bonchev–Trinajstić information content (AvgIpc) is 3.20. The molecular formula is C20H18N4O3. The Morgan fingerprint density at radius 3 is 2.59 bits per heavy atom. The molecular weight excluding hydrogens is 344 g/mol. The number of nitrogens with zero attached hydrogens (tertiary/aromatic N) is 4. The lowest BCUT2D eigenvalue weighted by atomic mass is 9.93. The van der Waals surface area contributed by atoms with Crippen LogP contribution in [0.2, 0.25) is 0 Å². The van der Waals surface area contributed by atoms with Crippen LogP contribution in [0.15, 0.2) is 55.1 Å². The minimum atomic E-state index is -0.992. The standard InChI is InChI=1S/C20H18N4O3/c1-13-8-15(6-7-17(13)24-12-21-11-22-24)19(25)23-10-16-5-3-2-4-14(16)9-18(23)20(26)27/h2-8,11-12,18H,9-10H2,1H3,(H,26,27). The third-order valence-electron chi connectivity index (χ3n) is 4.90. The first kappa shape index (κ1) is 17.0. The molecule has 2 aromatic carbocycles. The molecule has 1 N–H and O–H groups in total. The highest BCUT2D eigenvalue weighted by Gasteiger charge is 2.35. The predicted molar refractivity (Wildman–Crippen MR) is 97.5 cm³/mol. The van der Waals surface area contributed by atoms with E-state index in [-0.39, 0.29) is 12.5 Å². The summed E-state index contributed by atoms with van der Waals surface area (Å²) in [5, 5.41) is 13.7. The Morgan fingerprint density at radius 2 is 1.93 bits per heavy atom. The van der Waals surface area contributed by atoms with Gasteiger partial charge in [0.05, 0.1) is 5.69 Å². The minimum Gasteiger partial charge on any atom is -0.480 e. The summed E-state index contributed by atoms with van der Waals surface area (Å²) >= 11 is 0. The Kier molecular flexibility index (Phi) is 4.19. The summed E-state index contributed by atoms with van der Waals surface area (Å²) in [6, 6.07) is 12.0. The van der Waals surface area contributed by atoms with Gasteiger partial charge in [-0.05, 0) is 41.8 Å². The van der Waals surface area contributed by atoms with Crippen LogP contribution in [0.1, 0.15) is 27.0 Å². The highest BCUT2D eigenvalue weighted by molar-refractivity contribution is 5.97. The van der Waals surface area contributed by atoms with Crippen LogP contribution in [0.3, 0.4) is 0 Å². The van der Waals surface area contributed by atoms with Gasteiger partial charge >= 0.3 is 5.97 Å². The van der Waals surface area contributed by atoms with Crippen LogP contribution in [0, 0.1) is 6.92 Å². The molecule has 7 nitrogen and oxygen atoms in total. The van der Waals surface area contributed by atoms with E-state index in [1.165, 1.54) is 11.2 Å². The lowest BCUT2D eigenvalue weighted by Gasteiger charge is -2.34. The Labute approximate surface area is 155 Å². The fourth-order valence-corrected chi connectivity index (χ4v) is 3.50. The molecule has 1 unspecified atom stereocenters. The van der Waals surface area contributed by atoms with E-state index >= 15 is 0 Å². The molecule has 3 aromatic rings. The zero-order valence-electron chi connectivity index (χ0n) is 14.7. The van der Waals surface area contributed by atoms with Crippen LogP contribution in [0.5, 0.6) is 0 Å². The molecule has 2 heterocycles. The summed E-state index contributed by atoms with van der Waals surface area (Å²) in [5.41, 5.74) is 4.10. The van der Waals surface area contributed by atoms with Crippen molar-refractivity contribution in [3.05, 3.63) is 77.4 Å². The van der Waals surface area contributed by atoms with Crippen molar-refractivity contribution in [2.75, 3.05) is 0 Å². The normalized spacial score (nSPS) is 16.0. The largest absolute Gasteiger partial charge is 0.480 e. The number of rotatable bonds is 3. The number of carboxylic acids is 1. The van der Waals surface area contributed by atoms with Gasteiger partial charge in [-0.15, -0.1) is 0 Å². The van der Waals surface area contributed by atoms with Gasteiger partial charge in [0.25, 0.3) is 5.91 Å². The second-order valence-electron chi connectivity index (χ2n) is 6.60. The van der Waals surface area contributed by atoms with Crippen LogP contribution in [-0.2, 0) is 17.8 Å². The fraction of sp³-hybridized carbons (Fsp3) is 0.200. The smallest absolute Gasteiger partial charge is 0.326 e. The van der Waals surface area contributed by atoms with E-state index < -0.39 is 12.0 Å². The predicted octanol–water partition coefficient (Wildman–Crippen LogP) is 2.23. The molecule has 0 radical (unpaired) electrons. The molecule has 1 atom stereocenters. The first-order valence-electron chi connectivity index (χ1n) is 8.61. The average molecular weight is 362 g/mol. The van der Waals surface area contributed by atoms with Crippen molar-refractivity contribution in [1.82, 2.24) is 19.7 Å². The minimum absolute atomic E-state index is 0.287. The number of aryl methyl sites for hydroxylation is 1. The summed E-state index contributed by atoms with van der Waals surface area (Å²) in [5.74, 6) is -1.28. The first-order valence-corrected chi connectivity index (χ1v) is 8.61. The van der Waals surface area contributed by atoms with E-state index in [0.717, 1.165) is 22.4 Å². The molecule has 136 valence electrons. The second-order valence-corrected chi connectivity index (χ2v) is 6.60. The van der Waals surface area contributed by atoms with Gasteiger partial charge in [0.15, 0.2) is 0 Å². The Bertz CT molecular complexity index is 1010. The van der Waals surface area contributed by atoms with E-state index in [1.54, 1.807) is 29.2 Å². The van der Waals surface area contributed by atoms with Crippen molar-refractivity contribution in [1.29, 1.82) is 0 Å². The van der Waals surface area contributed by atoms with Crippen LogP contribution in [0.4, 0.5) is 0 Å². The van der Waals surface area contributed by atoms with E-state index in [0.29, 0.717) is 12.0 Å². The van der Waals surface area contributed by atoms with Crippen molar-refractivity contribution in [3.8, 4) is 5.69 Å². The first-order chi connectivity index (χ1) is 13.0. The van der Waals surface area contributed by atoms with Crippen LogP contribution < -0.4 is 0 Å². The van der Waals surface area contributed by atoms with E-state index in [1.807, 2.05) is 31.2 Å². The van der Waals surface area contributed by atoms with Crippen molar-refractivity contribution in [2.24, 2.45) is 0 Å². The summed E-state index contributed by atoms with van der Waals surface area (Å²) in [7, 11) is 0. The third-order valence-corrected chi connectivity index (χ3v) is 4.90. The number of aliphatic carboxylic acids is 1. The summed E-state index contributed by atoms with van der Waals surface area (Å²) in [6.07, 6.45) is 3.35. The van der Waals surface area contributed by atoms with Gasteiger partial charge in [-0.3, -0.25) is 4.79 Å². The number of carbonyl (C=O) groups is 2. The van der Waals surface area contributed by atoms with E-state index in [9.17, 15) is 14.7 Å². The van der Waals surface area contributed by atoms with Crippen molar-refractivity contribution in [2.45, 2.75) is 25.9 Å². The van der Waals surface area contributed by atoms with Crippen molar-refractivity contribution < 1.29 is 14.7 Å². The molecule has 1 aromatic heterocycles. The Hall–Kier alpha value is -3.48. The number of hydrogen-bond donors (Lipinski definition) is 1. The van der Waals surface area contributed by atoms with Gasteiger partial charge in [0.2, 0.25) is 0 Å². The zero-order valence-corrected chi connectivity index (χ0v) is 14.7. The highest BCUT2D eigenvalue weighted by atomic mass is 16.4. The number of amides is 1. The third kappa shape index (κ3) is 3.08. The number of hydrogen-bond acceptors (Lipinski definition) is 4. The molecule has 0 aliphatic carbocycles. The van der Waals surface area contributed by atoms with E-state index in [4.69, 9.17) is 0 Å². The van der Waals surface area contributed by atoms with Gasteiger partial charge in [0.1, 0.15) is 18.7 Å². The lowest BCUT2D eigenvalue weighted by Crippen LogP contribution is -2.48. The monoisotopic (exact) mass is 362 g/mol. The molecule has 1 aliphatic rings. The van der Waals surface area contributed by atoms with Crippen LogP contribution in [0.25, 0.3) is 5.69 Å². The molecule has 4 rings (SSSR count). The molecule has 27 heavy (non-hydrogen) atoms. The van der Waals surface area contributed by atoms with Gasteiger partial charge in [-0.2, -0.15) is 5.10 Å². The number of aromatic nitrogens is 3. The van der Waals surface area contributed by atoms with Gasteiger partial charge in [-0.1, -0.05) is 24.3 Å². The maximum absolute atomic E-state index is 13.1. The molecule has 0 saturated carbocycles. The molecule has 1 amide bonds. The maximum atomic E-state index is 13.1. The molecule has 0 spiro atoms. The fourth-order valence-electron chi connectivity index (χ4n) is 3.50. The number of carbonyl (C=O) groups excluding carboxylic acids is 1. The van der Waals surface area contributed by atoms with Gasteiger partial charge in [0, 0.05) is 18.5 Å². The topological polar surface area (TPSA) is 88.3 Å². The van der Waals surface area contributed by atoms with Crippen molar-refractivity contribution in [3.63, 3.8) is 0 Å². The summed E-state index contributed by atoms with van der Waals surface area (Å²) < 4.78 is 1.63. The lowest BCUT2D eigenvalue weighted by molar-refractivity contribution is -0.142. The molecule has 0 bridgehead atoms. The van der Waals surface area contributed by atoms with E-state index in [2.05, 4.69) is 10.1 Å². The quantitative estimate of drug-likeness (QED) is 0.772. The second kappa shape index (κ2) is 6.68. The zero-order chi connectivity index (χ0) is 19.0. The van der Waals surface area contributed by atoms with Crippen LogP contribution >= 0.6 is 0 Å². The summed E-state index contributed by atoms with van der Waals surface area (Å²) in [6.45, 7) is 2.17. The van der Waals surface area contributed by atoms with Crippen LogP contribution in [-0.4, -0.2) is 42.7 Å². The highest BCUT2D eigenvalue weighted by Crippen LogP contribution is 2.26. The summed E-state index contributed by atoms with van der Waals surface area (Å²) in [4.78, 5) is 30.2.